The number of carbonyl (C=O) groups is 1. The van der Waals surface area contributed by atoms with Crippen LogP contribution in [0.25, 0.3) is 0 Å². The molecule has 7 heteroatoms. The van der Waals surface area contributed by atoms with Gasteiger partial charge in [0.15, 0.2) is 0 Å². The van der Waals surface area contributed by atoms with Crippen LogP contribution in [0, 0.1) is 0 Å². The van der Waals surface area contributed by atoms with Crippen LogP contribution >= 0.6 is 11.6 Å². The summed E-state index contributed by atoms with van der Waals surface area (Å²) in [7, 11) is -3.51. The lowest BCUT2D eigenvalue weighted by Gasteiger charge is -2.22. The Hall–Kier alpha value is -2.83. The second kappa shape index (κ2) is 8.46. The van der Waals surface area contributed by atoms with Gasteiger partial charge in [0.05, 0.1) is 18.5 Å². The molecule has 3 aromatic carbocycles. The third-order valence-electron chi connectivity index (χ3n) is 4.09. The van der Waals surface area contributed by atoms with Gasteiger partial charge >= 0.3 is 0 Å². The molecule has 0 aliphatic carbocycles. The van der Waals surface area contributed by atoms with Gasteiger partial charge in [0, 0.05) is 16.3 Å². The van der Waals surface area contributed by atoms with E-state index in [1.807, 2.05) is 18.2 Å². The molecular formula is C21H19ClN2O3S. The van der Waals surface area contributed by atoms with Crippen molar-refractivity contribution in [1.82, 2.24) is 0 Å². The van der Waals surface area contributed by atoms with Crippen LogP contribution < -0.4 is 9.62 Å². The molecule has 0 spiro atoms. The highest BCUT2D eigenvalue weighted by Gasteiger charge is 2.18. The topological polar surface area (TPSA) is 66.5 Å². The number of rotatable bonds is 6. The minimum atomic E-state index is -3.51. The second-order valence-electron chi connectivity index (χ2n) is 6.26. The normalized spacial score (nSPS) is 11.1. The Morgan fingerprint density at radius 2 is 1.54 bits per heavy atom. The van der Waals surface area contributed by atoms with Gasteiger partial charge in [-0.3, -0.25) is 9.10 Å². The summed E-state index contributed by atoms with van der Waals surface area (Å²) in [5.74, 6) is -0.263. The Kier molecular flexibility index (Phi) is 6.02. The van der Waals surface area contributed by atoms with Gasteiger partial charge in [0.25, 0.3) is 5.91 Å². The van der Waals surface area contributed by atoms with Gasteiger partial charge in [-0.2, -0.15) is 0 Å². The van der Waals surface area contributed by atoms with E-state index in [2.05, 4.69) is 5.32 Å². The molecule has 28 heavy (non-hydrogen) atoms. The monoisotopic (exact) mass is 414 g/mol. The van der Waals surface area contributed by atoms with Crippen molar-refractivity contribution in [2.45, 2.75) is 6.54 Å². The predicted octanol–water partition coefficient (Wildman–Crippen LogP) is 4.56. The SMILES string of the molecule is CS(=O)(=O)N(Cc1ccc(Cl)cc1)c1ccc(C(=O)Nc2ccccc2)cc1. The van der Waals surface area contributed by atoms with Gasteiger partial charge in [-0.15, -0.1) is 0 Å². The van der Waals surface area contributed by atoms with Crippen molar-refractivity contribution in [3.05, 3.63) is 95.0 Å². The highest BCUT2D eigenvalue weighted by atomic mass is 35.5. The quantitative estimate of drug-likeness (QED) is 0.643. The standard InChI is InChI=1S/C21H19ClN2O3S/c1-28(26,27)24(15-16-7-11-18(22)12-8-16)20-13-9-17(10-14-20)21(25)23-19-5-3-2-4-6-19/h2-14H,15H2,1H3,(H,23,25). The molecule has 0 aromatic heterocycles. The van der Waals surface area contributed by atoms with Crippen molar-refractivity contribution in [2.24, 2.45) is 0 Å². The van der Waals surface area contributed by atoms with Crippen molar-refractivity contribution in [1.29, 1.82) is 0 Å². The smallest absolute Gasteiger partial charge is 0.255 e. The van der Waals surface area contributed by atoms with E-state index in [0.717, 1.165) is 11.8 Å². The highest BCUT2D eigenvalue weighted by Crippen LogP contribution is 2.22. The molecule has 3 rings (SSSR count). The lowest BCUT2D eigenvalue weighted by molar-refractivity contribution is 0.102. The zero-order valence-electron chi connectivity index (χ0n) is 15.2. The maximum Gasteiger partial charge on any atom is 0.255 e. The number of hydrogen-bond donors (Lipinski definition) is 1. The molecule has 1 amide bonds. The lowest BCUT2D eigenvalue weighted by Crippen LogP contribution is -2.29. The van der Waals surface area contributed by atoms with Gasteiger partial charge in [-0.05, 0) is 54.1 Å². The lowest BCUT2D eigenvalue weighted by atomic mass is 10.1. The van der Waals surface area contributed by atoms with Crippen LogP contribution in [0.1, 0.15) is 15.9 Å². The minimum absolute atomic E-state index is 0.172. The molecule has 0 radical (unpaired) electrons. The Morgan fingerprint density at radius 3 is 2.11 bits per heavy atom. The Bertz CT molecular complexity index is 1050. The number of sulfonamides is 1. The van der Waals surface area contributed by atoms with E-state index in [0.29, 0.717) is 22.0 Å². The first kappa shape index (κ1) is 19.9. The van der Waals surface area contributed by atoms with Crippen LogP contribution in [0.4, 0.5) is 11.4 Å². The molecule has 1 N–H and O–H groups in total. The molecule has 0 saturated heterocycles. The van der Waals surface area contributed by atoms with Crippen molar-refractivity contribution in [3.63, 3.8) is 0 Å². The van der Waals surface area contributed by atoms with E-state index in [9.17, 15) is 13.2 Å². The summed E-state index contributed by atoms with van der Waals surface area (Å²) in [4.78, 5) is 12.4. The number of amides is 1. The van der Waals surface area contributed by atoms with Crippen molar-refractivity contribution >= 4 is 38.9 Å². The zero-order chi connectivity index (χ0) is 20.1. The zero-order valence-corrected chi connectivity index (χ0v) is 16.7. The summed E-state index contributed by atoms with van der Waals surface area (Å²) in [5.41, 5.74) is 2.42. The molecule has 0 fully saturated rings. The molecule has 5 nitrogen and oxygen atoms in total. The van der Waals surface area contributed by atoms with Gasteiger partial charge < -0.3 is 5.32 Å². The number of halogens is 1. The summed E-state index contributed by atoms with van der Waals surface area (Å²) in [6.07, 6.45) is 1.15. The van der Waals surface area contributed by atoms with Gasteiger partial charge in [0.1, 0.15) is 0 Å². The van der Waals surface area contributed by atoms with Gasteiger partial charge in [-0.25, -0.2) is 8.42 Å². The van der Waals surface area contributed by atoms with Gasteiger partial charge in [0.2, 0.25) is 10.0 Å². The summed E-state index contributed by atoms with van der Waals surface area (Å²) >= 11 is 5.89. The Labute approximate surface area is 169 Å². The predicted molar refractivity (Wildman–Crippen MR) is 113 cm³/mol. The molecule has 0 unspecified atom stereocenters. The average Bonchev–Trinajstić information content (AvgIpc) is 2.67. The Balaban J connectivity index is 1.80. The summed E-state index contributed by atoms with van der Waals surface area (Å²) < 4.78 is 25.9. The van der Waals surface area contributed by atoms with Gasteiger partial charge in [-0.1, -0.05) is 41.9 Å². The number of nitrogens with one attached hydrogen (secondary N) is 1. The number of para-hydroxylation sites is 1. The average molecular weight is 415 g/mol. The fourth-order valence-corrected chi connectivity index (χ4v) is 3.67. The van der Waals surface area contributed by atoms with E-state index in [-0.39, 0.29) is 12.5 Å². The van der Waals surface area contributed by atoms with Crippen molar-refractivity contribution < 1.29 is 13.2 Å². The number of hydrogen-bond acceptors (Lipinski definition) is 3. The molecule has 0 heterocycles. The number of anilines is 2. The van der Waals surface area contributed by atoms with Crippen molar-refractivity contribution in [3.8, 4) is 0 Å². The van der Waals surface area contributed by atoms with E-state index >= 15 is 0 Å². The molecule has 0 bridgehead atoms. The Morgan fingerprint density at radius 1 is 0.929 bits per heavy atom. The molecular weight excluding hydrogens is 396 g/mol. The van der Waals surface area contributed by atoms with Crippen LogP contribution in [0.2, 0.25) is 5.02 Å². The summed E-state index contributed by atoms with van der Waals surface area (Å²) in [6, 6.07) is 22.6. The number of carbonyl (C=O) groups excluding carboxylic acids is 1. The number of benzene rings is 3. The maximum atomic E-state index is 12.4. The second-order valence-corrected chi connectivity index (χ2v) is 8.61. The van der Waals surface area contributed by atoms with Crippen LogP contribution in [0.3, 0.4) is 0 Å². The van der Waals surface area contributed by atoms with Crippen LogP contribution in [0.5, 0.6) is 0 Å². The van der Waals surface area contributed by atoms with Crippen LogP contribution in [-0.4, -0.2) is 20.6 Å². The highest BCUT2D eigenvalue weighted by molar-refractivity contribution is 7.92. The first-order chi connectivity index (χ1) is 13.3. The van der Waals surface area contributed by atoms with Crippen LogP contribution in [-0.2, 0) is 16.6 Å². The molecule has 0 atom stereocenters. The summed E-state index contributed by atoms with van der Waals surface area (Å²) in [6.45, 7) is 0.172. The fraction of sp³-hybridized carbons (Fsp3) is 0.0952. The van der Waals surface area contributed by atoms with E-state index in [1.165, 1.54) is 4.31 Å². The summed E-state index contributed by atoms with van der Waals surface area (Å²) in [5, 5.41) is 3.39. The fourth-order valence-electron chi connectivity index (χ4n) is 2.66. The van der Waals surface area contributed by atoms with E-state index < -0.39 is 10.0 Å². The third kappa shape index (κ3) is 5.12. The van der Waals surface area contributed by atoms with E-state index in [1.54, 1.807) is 60.7 Å². The first-order valence-corrected chi connectivity index (χ1v) is 10.7. The van der Waals surface area contributed by atoms with Crippen LogP contribution in [0.15, 0.2) is 78.9 Å². The molecule has 0 aliphatic heterocycles. The minimum Gasteiger partial charge on any atom is -0.322 e. The van der Waals surface area contributed by atoms with E-state index in [4.69, 9.17) is 11.6 Å². The maximum absolute atomic E-state index is 12.4. The molecule has 3 aromatic rings. The van der Waals surface area contributed by atoms with Crippen molar-refractivity contribution in [2.75, 3.05) is 15.9 Å². The largest absolute Gasteiger partial charge is 0.322 e. The molecule has 0 saturated carbocycles. The third-order valence-corrected chi connectivity index (χ3v) is 5.48. The number of nitrogens with zero attached hydrogens (tertiary/aromatic N) is 1. The molecule has 0 aliphatic rings. The first-order valence-electron chi connectivity index (χ1n) is 8.51. The molecule has 144 valence electrons.